The van der Waals surface area contributed by atoms with Crippen LogP contribution < -0.4 is 25.1 Å². The predicted octanol–water partition coefficient (Wildman–Crippen LogP) is 1.16. The Hall–Kier alpha value is -3.75. The van der Waals surface area contributed by atoms with Crippen LogP contribution in [-0.4, -0.2) is 44.2 Å². The molecule has 158 valence electrons. The van der Waals surface area contributed by atoms with Crippen molar-refractivity contribution in [1.82, 2.24) is 10.9 Å². The Bertz CT molecular complexity index is 898. The Kier molecular flexibility index (Phi) is 7.09. The summed E-state index contributed by atoms with van der Waals surface area (Å²) in [6.45, 7) is -0.494. The molecule has 1 aliphatic rings. The van der Waals surface area contributed by atoms with Crippen molar-refractivity contribution in [1.29, 1.82) is 0 Å². The largest absolute Gasteiger partial charge is 0.497 e. The Balaban J connectivity index is 1.33. The number of fused-ring (bicyclic) bond motifs is 1. The molecule has 9 nitrogen and oxygen atoms in total. The van der Waals surface area contributed by atoms with E-state index in [9.17, 15) is 14.4 Å². The van der Waals surface area contributed by atoms with E-state index in [0.29, 0.717) is 17.9 Å². The van der Waals surface area contributed by atoms with Crippen LogP contribution in [0, 0.1) is 0 Å². The fourth-order valence-electron chi connectivity index (χ4n) is 2.65. The van der Waals surface area contributed by atoms with E-state index in [1.807, 2.05) is 12.1 Å². The van der Waals surface area contributed by atoms with Gasteiger partial charge in [-0.05, 0) is 36.2 Å². The molecular weight excluding hydrogens is 392 g/mol. The van der Waals surface area contributed by atoms with Gasteiger partial charge < -0.3 is 18.9 Å². The number of amides is 2. The summed E-state index contributed by atoms with van der Waals surface area (Å²) in [5.74, 6) is -0.0440. The average molecular weight is 414 g/mol. The molecule has 2 aromatic rings. The van der Waals surface area contributed by atoms with Crippen molar-refractivity contribution in [2.24, 2.45) is 0 Å². The summed E-state index contributed by atoms with van der Waals surface area (Å²) in [5, 5.41) is 0. The lowest BCUT2D eigenvalue weighted by atomic mass is 10.1. The van der Waals surface area contributed by atoms with E-state index in [-0.39, 0.29) is 13.0 Å². The van der Waals surface area contributed by atoms with Crippen LogP contribution in [0.4, 0.5) is 0 Å². The number of carbonyl (C=O) groups excluding carboxylic acids is 3. The molecule has 0 aromatic heterocycles. The number of esters is 1. The summed E-state index contributed by atoms with van der Waals surface area (Å²) in [7, 11) is 1.58. The third kappa shape index (κ3) is 5.87. The number of methoxy groups -OCH3 is 1. The number of benzene rings is 2. The fraction of sp³-hybridized carbons (Fsp3) is 0.286. The summed E-state index contributed by atoms with van der Waals surface area (Å²) in [6.07, 6.45) is -0.312. The first-order valence-electron chi connectivity index (χ1n) is 9.31. The molecule has 0 saturated heterocycles. The summed E-state index contributed by atoms with van der Waals surface area (Å²) < 4.78 is 21.0. The molecule has 0 unspecified atom stereocenters. The number of carbonyl (C=O) groups is 3. The minimum atomic E-state index is -0.910. The van der Waals surface area contributed by atoms with Gasteiger partial charge >= 0.3 is 5.97 Å². The SMILES string of the molecule is COc1ccc(CCC(=O)OCC(=O)NNC(=O)[C@@H]2COc3ccccc3O2)cc1. The van der Waals surface area contributed by atoms with Gasteiger partial charge in [0.05, 0.1) is 7.11 Å². The second-order valence-electron chi connectivity index (χ2n) is 6.41. The summed E-state index contributed by atoms with van der Waals surface area (Å²) >= 11 is 0. The number of rotatable bonds is 7. The van der Waals surface area contributed by atoms with Crippen LogP contribution in [0.1, 0.15) is 12.0 Å². The van der Waals surface area contributed by atoms with E-state index in [2.05, 4.69) is 10.9 Å². The van der Waals surface area contributed by atoms with Crippen molar-refractivity contribution in [2.45, 2.75) is 18.9 Å². The highest BCUT2D eigenvalue weighted by atomic mass is 16.6. The molecule has 0 bridgehead atoms. The number of para-hydroxylation sites is 2. The molecular formula is C21H22N2O7. The van der Waals surface area contributed by atoms with Gasteiger partial charge in [-0.1, -0.05) is 24.3 Å². The van der Waals surface area contributed by atoms with Gasteiger partial charge in [-0.25, -0.2) is 0 Å². The first-order chi connectivity index (χ1) is 14.5. The zero-order valence-electron chi connectivity index (χ0n) is 16.4. The van der Waals surface area contributed by atoms with Crippen LogP contribution in [0.15, 0.2) is 48.5 Å². The van der Waals surface area contributed by atoms with Crippen LogP contribution in [-0.2, 0) is 25.5 Å². The lowest BCUT2D eigenvalue weighted by Crippen LogP contribution is -2.51. The smallest absolute Gasteiger partial charge is 0.306 e. The van der Waals surface area contributed by atoms with Gasteiger partial charge in [-0.15, -0.1) is 0 Å². The topological polar surface area (TPSA) is 112 Å². The highest BCUT2D eigenvalue weighted by Crippen LogP contribution is 2.30. The van der Waals surface area contributed by atoms with E-state index in [1.165, 1.54) is 0 Å². The molecule has 0 fully saturated rings. The van der Waals surface area contributed by atoms with E-state index in [0.717, 1.165) is 11.3 Å². The minimum absolute atomic E-state index is 0.0130. The molecule has 1 atom stereocenters. The van der Waals surface area contributed by atoms with Gasteiger partial charge in [-0.2, -0.15) is 0 Å². The normalized spacial score (nSPS) is 14.4. The van der Waals surface area contributed by atoms with Crippen LogP contribution in [0.25, 0.3) is 0 Å². The number of hydrogen-bond donors (Lipinski definition) is 2. The van der Waals surface area contributed by atoms with Gasteiger partial charge in [0.15, 0.2) is 18.1 Å². The Morgan fingerprint density at radius 3 is 2.50 bits per heavy atom. The molecule has 0 aliphatic carbocycles. The van der Waals surface area contributed by atoms with Crippen molar-refractivity contribution in [3.8, 4) is 17.2 Å². The lowest BCUT2D eigenvalue weighted by Gasteiger charge is -2.25. The molecule has 1 heterocycles. The first kappa shape index (κ1) is 21.0. The summed E-state index contributed by atoms with van der Waals surface area (Å²) in [5.41, 5.74) is 5.35. The Morgan fingerprint density at radius 1 is 1.03 bits per heavy atom. The maximum Gasteiger partial charge on any atom is 0.306 e. The molecule has 2 amide bonds. The van der Waals surface area contributed by atoms with Crippen LogP contribution in [0.3, 0.4) is 0 Å². The highest BCUT2D eigenvalue weighted by Gasteiger charge is 2.27. The first-order valence-corrected chi connectivity index (χ1v) is 9.31. The van der Waals surface area contributed by atoms with Gasteiger partial charge in [0, 0.05) is 6.42 Å². The van der Waals surface area contributed by atoms with Crippen LogP contribution in [0.5, 0.6) is 17.2 Å². The minimum Gasteiger partial charge on any atom is -0.497 e. The zero-order valence-corrected chi connectivity index (χ0v) is 16.4. The van der Waals surface area contributed by atoms with Gasteiger partial charge in [0.1, 0.15) is 12.4 Å². The number of hydrogen-bond acceptors (Lipinski definition) is 7. The van der Waals surface area contributed by atoms with Gasteiger partial charge in [0.25, 0.3) is 11.8 Å². The number of aryl methyl sites for hydroxylation is 1. The van der Waals surface area contributed by atoms with Crippen molar-refractivity contribution in [3.05, 3.63) is 54.1 Å². The standard InChI is InChI=1S/C21H22N2O7/c1-27-15-9-6-14(7-10-15)8-11-20(25)29-13-19(24)22-23-21(26)18-12-28-16-4-2-3-5-17(16)30-18/h2-7,9-10,18H,8,11-13H2,1H3,(H,22,24)(H,23,26)/t18-/m0/s1. The molecule has 1 aliphatic heterocycles. The van der Waals surface area contributed by atoms with E-state index in [4.69, 9.17) is 18.9 Å². The average Bonchev–Trinajstić information content (AvgIpc) is 2.79. The van der Waals surface area contributed by atoms with Crippen LogP contribution >= 0.6 is 0 Å². The molecule has 30 heavy (non-hydrogen) atoms. The maximum absolute atomic E-state index is 12.1. The Labute approximate surface area is 173 Å². The molecule has 2 N–H and O–H groups in total. The van der Waals surface area contributed by atoms with Crippen LogP contribution in [0.2, 0.25) is 0 Å². The molecule has 0 saturated carbocycles. The summed E-state index contributed by atoms with van der Waals surface area (Å²) in [4.78, 5) is 35.7. The van der Waals surface area contributed by atoms with Crippen molar-refractivity contribution < 1.29 is 33.3 Å². The Morgan fingerprint density at radius 2 is 1.77 bits per heavy atom. The third-order valence-electron chi connectivity index (χ3n) is 4.27. The molecule has 2 aromatic carbocycles. The van der Waals surface area contributed by atoms with E-state index < -0.39 is 30.5 Å². The predicted molar refractivity (Wildman–Crippen MR) is 105 cm³/mol. The van der Waals surface area contributed by atoms with Gasteiger partial charge in [-0.3, -0.25) is 25.2 Å². The number of ether oxygens (including phenoxy) is 4. The van der Waals surface area contributed by atoms with Crippen molar-refractivity contribution in [2.75, 3.05) is 20.3 Å². The van der Waals surface area contributed by atoms with Crippen molar-refractivity contribution in [3.63, 3.8) is 0 Å². The number of nitrogens with one attached hydrogen (secondary N) is 2. The van der Waals surface area contributed by atoms with Crippen molar-refractivity contribution >= 4 is 17.8 Å². The highest BCUT2D eigenvalue weighted by molar-refractivity contribution is 5.86. The number of hydrazine groups is 1. The lowest BCUT2D eigenvalue weighted by molar-refractivity contribution is -0.149. The van der Waals surface area contributed by atoms with Gasteiger partial charge in [0.2, 0.25) is 6.10 Å². The van der Waals surface area contributed by atoms with E-state index in [1.54, 1.807) is 43.5 Å². The second-order valence-corrected chi connectivity index (χ2v) is 6.41. The molecule has 0 spiro atoms. The fourth-order valence-corrected chi connectivity index (χ4v) is 2.65. The molecule has 0 radical (unpaired) electrons. The quantitative estimate of drug-likeness (QED) is 0.516. The van der Waals surface area contributed by atoms with E-state index >= 15 is 0 Å². The second kappa shape index (κ2) is 10.1. The zero-order chi connectivity index (χ0) is 21.3. The molecule has 9 heteroatoms. The monoisotopic (exact) mass is 414 g/mol. The maximum atomic E-state index is 12.1. The third-order valence-corrected chi connectivity index (χ3v) is 4.27. The summed E-state index contributed by atoms with van der Waals surface area (Å²) in [6, 6.07) is 14.3. The molecule has 3 rings (SSSR count).